The van der Waals surface area contributed by atoms with Gasteiger partial charge in [0.2, 0.25) is 0 Å². The highest BCUT2D eigenvalue weighted by atomic mass is 16.7. The molecule has 4 nitrogen and oxygen atoms in total. The molecular formula is C12H11BNO3. The fraction of sp³-hybridized carbons (Fsp3) is 0.0833. The highest BCUT2D eigenvalue weighted by Crippen LogP contribution is 1.97. The smallest absolute Gasteiger partial charge is 0.326 e. The molecule has 1 aromatic heterocycles. The molecule has 0 saturated carbocycles. The fourth-order valence-electron chi connectivity index (χ4n) is 1.36. The first kappa shape index (κ1) is 11.5. The first-order valence-corrected chi connectivity index (χ1v) is 5.17. The molecule has 0 spiro atoms. The molecule has 1 radical (unpaired) electrons. The Morgan fingerprint density at radius 1 is 1.18 bits per heavy atom. The third-order valence-corrected chi connectivity index (χ3v) is 2.29. The molecule has 0 amide bonds. The molecule has 0 aliphatic heterocycles. The minimum absolute atomic E-state index is 0.201. The van der Waals surface area contributed by atoms with Crippen LogP contribution in [0.15, 0.2) is 53.5 Å². The lowest BCUT2D eigenvalue weighted by Crippen LogP contribution is -2.25. The number of hydrogen-bond acceptors (Lipinski definition) is 3. The van der Waals surface area contributed by atoms with Crippen LogP contribution in [0.25, 0.3) is 0 Å². The third-order valence-electron chi connectivity index (χ3n) is 2.29. The van der Waals surface area contributed by atoms with Crippen LogP contribution in [0.3, 0.4) is 0 Å². The second-order valence-electron chi connectivity index (χ2n) is 3.51. The maximum atomic E-state index is 11.3. The van der Waals surface area contributed by atoms with Crippen LogP contribution in [0.2, 0.25) is 0 Å². The first-order chi connectivity index (χ1) is 8.29. The van der Waals surface area contributed by atoms with Gasteiger partial charge in [0.1, 0.15) is 6.61 Å². The number of nitrogens with zero attached hydrogens (tertiary/aromatic N) is 1. The molecule has 1 aromatic carbocycles. The molecule has 1 heterocycles. The van der Waals surface area contributed by atoms with Crippen molar-refractivity contribution in [3.05, 3.63) is 64.6 Å². The zero-order valence-electron chi connectivity index (χ0n) is 9.11. The monoisotopic (exact) mass is 228 g/mol. The molecular weight excluding hydrogens is 217 g/mol. The summed E-state index contributed by atoms with van der Waals surface area (Å²) in [6, 6.07) is 12.0. The SMILES string of the molecule is O=c1ccccn1OCc1ccc([B]O)cc1. The Bertz CT molecular complexity index is 536. The molecule has 2 rings (SSSR count). The van der Waals surface area contributed by atoms with Crippen LogP contribution in [-0.4, -0.2) is 17.2 Å². The van der Waals surface area contributed by atoms with Gasteiger partial charge in [-0.2, -0.15) is 4.73 Å². The molecule has 0 saturated heterocycles. The van der Waals surface area contributed by atoms with Crippen LogP contribution in [0.1, 0.15) is 5.56 Å². The van der Waals surface area contributed by atoms with Gasteiger partial charge in [0, 0.05) is 12.3 Å². The van der Waals surface area contributed by atoms with E-state index in [0.29, 0.717) is 6.61 Å². The van der Waals surface area contributed by atoms with E-state index < -0.39 is 0 Å². The Labute approximate surface area is 99.3 Å². The molecule has 0 bridgehead atoms. The van der Waals surface area contributed by atoms with Crippen molar-refractivity contribution in [3.8, 4) is 0 Å². The summed E-state index contributed by atoms with van der Waals surface area (Å²) in [6.45, 7) is 0.301. The highest BCUT2D eigenvalue weighted by Gasteiger charge is 1.98. The maximum absolute atomic E-state index is 11.3. The van der Waals surface area contributed by atoms with Gasteiger partial charge in [-0.15, -0.1) is 0 Å². The Kier molecular flexibility index (Phi) is 3.62. The van der Waals surface area contributed by atoms with Gasteiger partial charge in [0.15, 0.2) is 0 Å². The number of pyridine rings is 1. The van der Waals surface area contributed by atoms with Crippen molar-refractivity contribution < 1.29 is 9.86 Å². The Morgan fingerprint density at radius 2 is 1.94 bits per heavy atom. The molecule has 0 aliphatic carbocycles. The normalized spacial score (nSPS) is 9.94. The first-order valence-electron chi connectivity index (χ1n) is 5.17. The van der Waals surface area contributed by atoms with Crippen LogP contribution in [0.4, 0.5) is 0 Å². The van der Waals surface area contributed by atoms with Crippen molar-refractivity contribution in [3.63, 3.8) is 0 Å². The lowest BCUT2D eigenvalue weighted by Gasteiger charge is -2.07. The summed E-state index contributed by atoms with van der Waals surface area (Å²) in [4.78, 5) is 16.7. The maximum Gasteiger partial charge on any atom is 0.326 e. The lowest BCUT2D eigenvalue weighted by molar-refractivity contribution is 0.0891. The zero-order chi connectivity index (χ0) is 12.1. The van der Waals surface area contributed by atoms with Gasteiger partial charge >= 0.3 is 7.48 Å². The molecule has 0 unspecified atom stereocenters. The van der Waals surface area contributed by atoms with E-state index >= 15 is 0 Å². The zero-order valence-corrected chi connectivity index (χ0v) is 9.11. The van der Waals surface area contributed by atoms with E-state index in [1.165, 1.54) is 10.8 Å². The molecule has 17 heavy (non-hydrogen) atoms. The van der Waals surface area contributed by atoms with E-state index in [1.807, 2.05) is 12.1 Å². The third kappa shape index (κ3) is 2.98. The number of aromatic nitrogens is 1. The summed E-state index contributed by atoms with van der Waals surface area (Å²) in [6.07, 6.45) is 1.57. The van der Waals surface area contributed by atoms with Crippen molar-refractivity contribution in [1.29, 1.82) is 0 Å². The molecule has 0 aliphatic rings. The van der Waals surface area contributed by atoms with Gasteiger partial charge in [-0.25, -0.2) is 0 Å². The molecule has 0 atom stereocenters. The largest absolute Gasteiger partial charge is 0.450 e. The Morgan fingerprint density at radius 3 is 2.59 bits per heavy atom. The highest BCUT2D eigenvalue weighted by molar-refractivity contribution is 6.45. The summed E-state index contributed by atoms with van der Waals surface area (Å²) in [7, 11) is 1.03. The standard InChI is InChI=1S/C12H11BNO3/c15-12-3-1-2-8-14(12)17-9-10-4-6-11(13-16)7-5-10/h1-8,16H,9H2. The van der Waals surface area contributed by atoms with Crippen molar-refractivity contribution >= 4 is 12.9 Å². The quantitative estimate of drug-likeness (QED) is 0.732. The fourth-order valence-corrected chi connectivity index (χ4v) is 1.36. The Hall–Kier alpha value is -2.01. The van der Waals surface area contributed by atoms with E-state index in [4.69, 9.17) is 9.86 Å². The van der Waals surface area contributed by atoms with E-state index in [0.717, 1.165) is 18.5 Å². The molecule has 85 valence electrons. The predicted octanol–water partition coefficient (Wildman–Crippen LogP) is -0.286. The molecule has 2 aromatic rings. The summed E-state index contributed by atoms with van der Waals surface area (Å²) in [5.41, 5.74) is 1.45. The van der Waals surface area contributed by atoms with Crippen molar-refractivity contribution in [2.45, 2.75) is 6.61 Å². The summed E-state index contributed by atoms with van der Waals surface area (Å²) < 4.78 is 1.19. The van der Waals surface area contributed by atoms with Crippen LogP contribution in [0, 0.1) is 0 Å². The van der Waals surface area contributed by atoms with Gasteiger partial charge in [-0.05, 0) is 11.6 Å². The number of hydrogen-bond donors (Lipinski definition) is 1. The van der Waals surface area contributed by atoms with Gasteiger partial charge in [-0.3, -0.25) is 4.79 Å². The van der Waals surface area contributed by atoms with Crippen molar-refractivity contribution in [2.24, 2.45) is 0 Å². The van der Waals surface area contributed by atoms with Gasteiger partial charge in [0.05, 0.1) is 0 Å². The van der Waals surface area contributed by atoms with Crippen LogP contribution >= 0.6 is 0 Å². The van der Waals surface area contributed by atoms with E-state index in [-0.39, 0.29) is 5.56 Å². The summed E-state index contributed by atoms with van der Waals surface area (Å²) in [5.74, 6) is 0. The second kappa shape index (κ2) is 5.36. The minimum atomic E-state index is -0.201. The summed E-state index contributed by atoms with van der Waals surface area (Å²) >= 11 is 0. The summed E-state index contributed by atoms with van der Waals surface area (Å²) in [5, 5.41) is 8.77. The average molecular weight is 228 g/mol. The van der Waals surface area contributed by atoms with E-state index in [1.54, 1.807) is 30.5 Å². The van der Waals surface area contributed by atoms with E-state index in [9.17, 15) is 4.79 Å². The number of rotatable bonds is 4. The average Bonchev–Trinajstić information content (AvgIpc) is 2.38. The van der Waals surface area contributed by atoms with Crippen LogP contribution in [0.5, 0.6) is 0 Å². The lowest BCUT2D eigenvalue weighted by atomic mass is 9.88. The Balaban J connectivity index is 2.02. The molecule has 0 fully saturated rings. The second-order valence-corrected chi connectivity index (χ2v) is 3.51. The number of benzene rings is 1. The molecule has 1 N–H and O–H groups in total. The van der Waals surface area contributed by atoms with Crippen LogP contribution < -0.4 is 15.9 Å². The van der Waals surface area contributed by atoms with Gasteiger partial charge < -0.3 is 9.86 Å². The van der Waals surface area contributed by atoms with E-state index in [2.05, 4.69) is 0 Å². The van der Waals surface area contributed by atoms with Crippen LogP contribution in [-0.2, 0) is 6.61 Å². The minimum Gasteiger partial charge on any atom is -0.450 e. The van der Waals surface area contributed by atoms with Gasteiger partial charge in [-0.1, -0.05) is 35.8 Å². The predicted molar refractivity (Wildman–Crippen MR) is 65.0 cm³/mol. The van der Waals surface area contributed by atoms with Gasteiger partial charge in [0.25, 0.3) is 5.56 Å². The molecule has 5 heteroatoms. The topological polar surface area (TPSA) is 51.5 Å². The van der Waals surface area contributed by atoms with Crippen molar-refractivity contribution in [1.82, 2.24) is 4.73 Å². The van der Waals surface area contributed by atoms with Crippen molar-refractivity contribution in [2.75, 3.05) is 0 Å².